The minimum absolute atomic E-state index is 0.0304. The third-order valence-electron chi connectivity index (χ3n) is 3.05. The third kappa shape index (κ3) is 4.06. The molecule has 4 nitrogen and oxygen atoms in total. The van der Waals surface area contributed by atoms with Gasteiger partial charge in [-0.15, -0.1) is 0 Å². The molecule has 1 aromatic heterocycles. The number of imidazole rings is 1. The molecule has 0 fully saturated rings. The summed E-state index contributed by atoms with van der Waals surface area (Å²) in [6, 6.07) is 1.26. The molecule has 0 atom stereocenters. The third-order valence-corrected chi connectivity index (χ3v) is 3.05. The Kier molecular flexibility index (Phi) is 4.59. The highest BCUT2D eigenvalue weighted by Crippen LogP contribution is 2.36. The molecule has 2 aromatic rings. The molecule has 0 bridgehead atoms. The summed E-state index contributed by atoms with van der Waals surface area (Å²) in [4.78, 5) is 17.5. The fourth-order valence-electron chi connectivity index (χ4n) is 1.98. The van der Waals surface area contributed by atoms with Gasteiger partial charge in [-0.3, -0.25) is 0 Å². The van der Waals surface area contributed by atoms with Crippen molar-refractivity contribution in [2.24, 2.45) is 0 Å². The molecular formula is C14H10F6N2O2. The second kappa shape index (κ2) is 6.17. The minimum Gasteiger partial charge on any atom is -0.464 e. The van der Waals surface area contributed by atoms with Gasteiger partial charge in [0.15, 0.2) is 0 Å². The van der Waals surface area contributed by atoms with E-state index in [1.807, 2.05) is 0 Å². The quantitative estimate of drug-likeness (QED) is 0.675. The summed E-state index contributed by atoms with van der Waals surface area (Å²) in [7, 11) is 1.12. The molecule has 1 aromatic carbocycles. The molecule has 0 saturated heterocycles. The average molecular weight is 352 g/mol. The normalized spacial score (nSPS) is 12.3. The Hall–Kier alpha value is -2.52. The molecule has 130 valence electrons. The maximum Gasteiger partial charge on any atom is 0.416 e. The number of carbonyl (C=O) groups is 1. The van der Waals surface area contributed by atoms with Gasteiger partial charge in [-0.2, -0.15) is 26.3 Å². The first-order valence-corrected chi connectivity index (χ1v) is 6.41. The topological polar surface area (TPSA) is 55.0 Å². The largest absolute Gasteiger partial charge is 0.464 e. The van der Waals surface area contributed by atoms with Crippen LogP contribution in [0, 0.1) is 0 Å². The smallest absolute Gasteiger partial charge is 0.416 e. The average Bonchev–Trinajstić information content (AvgIpc) is 2.92. The van der Waals surface area contributed by atoms with Gasteiger partial charge in [0.2, 0.25) is 0 Å². The molecule has 0 aliphatic rings. The number of benzene rings is 1. The number of rotatable bonds is 3. The van der Waals surface area contributed by atoms with Gasteiger partial charge in [-0.25, -0.2) is 9.78 Å². The van der Waals surface area contributed by atoms with Crippen LogP contribution in [0.1, 0.15) is 33.0 Å². The van der Waals surface area contributed by atoms with E-state index in [1.165, 1.54) is 0 Å². The summed E-state index contributed by atoms with van der Waals surface area (Å²) in [6.07, 6.45) is -9.10. The zero-order chi connectivity index (χ0) is 18.1. The first-order valence-electron chi connectivity index (χ1n) is 6.41. The van der Waals surface area contributed by atoms with E-state index in [0.29, 0.717) is 12.1 Å². The number of hydrogen-bond acceptors (Lipinski definition) is 3. The number of methoxy groups -OCH3 is 1. The van der Waals surface area contributed by atoms with Crippen LogP contribution in [0.2, 0.25) is 0 Å². The van der Waals surface area contributed by atoms with Gasteiger partial charge in [0, 0.05) is 6.42 Å². The van der Waals surface area contributed by atoms with Crippen LogP contribution < -0.4 is 0 Å². The van der Waals surface area contributed by atoms with Crippen molar-refractivity contribution in [3.05, 3.63) is 52.6 Å². The number of nitrogens with zero attached hydrogens (tertiary/aromatic N) is 1. The standard InChI is InChI=1S/C14H10F6N2O2/c1-24-12(23)10-6-21-11(22-10)4-7-2-8(13(15,16)17)5-9(3-7)14(18,19)20/h2-3,5-6H,4H2,1H3,(H,21,22). The van der Waals surface area contributed by atoms with E-state index < -0.39 is 29.4 Å². The Morgan fingerprint density at radius 2 is 1.62 bits per heavy atom. The molecular weight excluding hydrogens is 342 g/mol. The van der Waals surface area contributed by atoms with Crippen molar-refractivity contribution in [3.63, 3.8) is 0 Å². The molecule has 1 N–H and O–H groups in total. The maximum absolute atomic E-state index is 12.8. The summed E-state index contributed by atoms with van der Waals surface area (Å²) < 4.78 is 81.1. The van der Waals surface area contributed by atoms with Crippen molar-refractivity contribution in [2.45, 2.75) is 18.8 Å². The van der Waals surface area contributed by atoms with Gasteiger partial charge in [-0.05, 0) is 23.8 Å². The van der Waals surface area contributed by atoms with Crippen molar-refractivity contribution in [1.82, 2.24) is 9.97 Å². The van der Waals surface area contributed by atoms with Gasteiger partial charge < -0.3 is 9.72 Å². The first-order chi connectivity index (χ1) is 11.0. The molecule has 0 spiro atoms. The van der Waals surface area contributed by atoms with Crippen LogP contribution in [-0.4, -0.2) is 23.0 Å². The number of carbonyl (C=O) groups excluding carboxylic acids is 1. The Balaban J connectivity index is 2.39. The molecule has 0 radical (unpaired) electrons. The molecule has 0 aliphatic carbocycles. The maximum atomic E-state index is 12.8. The predicted octanol–water partition coefficient (Wildman–Crippen LogP) is 3.82. The SMILES string of the molecule is COC(=O)c1cnc(Cc2cc(C(F)(F)F)cc(C(F)(F)F)c2)[nH]1. The second-order valence-corrected chi connectivity index (χ2v) is 4.83. The fourth-order valence-corrected chi connectivity index (χ4v) is 1.98. The highest BCUT2D eigenvalue weighted by Gasteiger charge is 2.36. The Morgan fingerprint density at radius 1 is 1.08 bits per heavy atom. The van der Waals surface area contributed by atoms with Crippen LogP contribution in [0.3, 0.4) is 0 Å². The second-order valence-electron chi connectivity index (χ2n) is 4.83. The molecule has 24 heavy (non-hydrogen) atoms. The number of halogens is 6. The molecule has 0 unspecified atom stereocenters. The van der Waals surface area contributed by atoms with E-state index in [9.17, 15) is 31.1 Å². The lowest BCUT2D eigenvalue weighted by atomic mass is 10.0. The monoisotopic (exact) mass is 352 g/mol. The molecule has 2 rings (SSSR count). The number of ether oxygens (including phenoxy) is 1. The van der Waals surface area contributed by atoms with Crippen molar-refractivity contribution >= 4 is 5.97 Å². The first kappa shape index (κ1) is 17.8. The Labute approximate surface area is 131 Å². The molecule has 1 heterocycles. The van der Waals surface area contributed by atoms with Gasteiger partial charge in [0.25, 0.3) is 0 Å². The summed E-state index contributed by atoms with van der Waals surface area (Å²) in [5.41, 5.74) is -3.13. The van der Waals surface area contributed by atoms with Gasteiger partial charge >= 0.3 is 18.3 Å². The number of esters is 1. The Morgan fingerprint density at radius 3 is 2.08 bits per heavy atom. The van der Waals surface area contributed by atoms with E-state index in [2.05, 4.69) is 14.7 Å². The highest BCUT2D eigenvalue weighted by molar-refractivity contribution is 5.86. The number of H-pyrrole nitrogens is 1. The number of nitrogens with one attached hydrogen (secondary N) is 1. The van der Waals surface area contributed by atoms with E-state index in [4.69, 9.17) is 0 Å². The zero-order valence-corrected chi connectivity index (χ0v) is 12.0. The van der Waals surface area contributed by atoms with Crippen LogP contribution in [0.5, 0.6) is 0 Å². The highest BCUT2D eigenvalue weighted by atomic mass is 19.4. The molecule has 0 saturated carbocycles. The van der Waals surface area contributed by atoms with Crippen molar-refractivity contribution in [3.8, 4) is 0 Å². The van der Waals surface area contributed by atoms with Gasteiger partial charge in [0.05, 0.1) is 24.4 Å². The zero-order valence-electron chi connectivity index (χ0n) is 12.0. The van der Waals surface area contributed by atoms with Crippen LogP contribution in [0.25, 0.3) is 0 Å². The molecule has 0 aliphatic heterocycles. The van der Waals surface area contributed by atoms with Crippen LogP contribution >= 0.6 is 0 Å². The van der Waals surface area contributed by atoms with Gasteiger partial charge in [0.1, 0.15) is 11.5 Å². The number of alkyl halides is 6. The lowest BCUT2D eigenvalue weighted by Gasteiger charge is -2.13. The van der Waals surface area contributed by atoms with E-state index >= 15 is 0 Å². The summed E-state index contributed by atoms with van der Waals surface area (Å²) >= 11 is 0. The molecule has 10 heteroatoms. The Bertz CT molecular complexity index is 716. The van der Waals surface area contributed by atoms with Gasteiger partial charge in [-0.1, -0.05) is 0 Å². The summed E-state index contributed by atoms with van der Waals surface area (Å²) in [5, 5.41) is 0. The lowest BCUT2D eigenvalue weighted by molar-refractivity contribution is -0.143. The molecule has 0 amide bonds. The van der Waals surface area contributed by atoms with E-state index in [-0.39, 0.29) is 29.6 Å². The predicted molar refractivity (Wildman–Crippen MR) is 69.2 cm³/mol. The number of aromatic amines is 1. The van der Waals surface area contributed by atoms with E-state index in [1.54, 1.807) is 0 Å². The summed E-state index contributed by atoms with van der Waals surface area (Å²) in [6.45, 7) is 0. The van der Waals surface area contributed by atoms with Crippen molar-refractivity contribution in [2.75, 3.05) is 7.11 Å². The number of hydrogen-bond donors (Lipinski definition) is 1. The van der Waals surface area contributed by atoms with Crippen LogP contribution in [-0.2, 0) is 23.5 Å². The number of aromatic nitrogens is 2. The van der Waals surface area contributed by atoms with Crippen molar-refractivity contribution < 1.29 is 35.9 Å². The fraction of sp³-hybridized carbons (Fsp3) is 0.286. The van der Waals surface area contributed by atoms with Crippen molar-refractivity contribution in [1.29, 1.82) is 0 Å². The summed E-state index contributed by atoms with van der Waals surface area (Å²) in [5.74, 6) is -0.725. The lowest BCUT2D eigenvalue weighted by Crippen LogP contribution is -2.12. The minimum atomic E-state index is -4.92. The van der Waals surface area contributed by atoms with Crippen LogP contribution in [0.15, 0.2) is 24.4 Å². The van der Waals surface area contributed by atoms with E-state index in [0.717, 1.165) is 13.3 Å². The van der Waals surface area contributed by atoms with Crippen LogP contribution in [0.4, 0.5) is 26.3 Å².